The van der Waals surface area contributed by atoms with E-state index in [4.69, 9.17) is 9.47 Å². The van der Waals surface area contributed by atoms with Gasteiger partial charge in [-0.1, -0.05) is 0 Å². The fourth-order valence-corrected chi connectivity index (χ4v) is 4.44. The molecule has 8 nitrogen and oxygen atoms in total. The highest BCUT2D eigenvalue weighted by Gasteiger charge is 2.37. The van der Waals surface area contributed by atoms with Crippen molar-refractivity contribution >= 4 is 23.3 Å². The van der Waals surface area contributed by atoms with Gasteiger partial charge in [-0.05, 0) is 37.1 Å². The van der Waals surface area contributed by atoms with Crippen LogP contribution in [0.4, 0.5) is 24.7 Å². The van der Waals surface area contributed by atoms with Gasteiger partial charge in [-0.3, -0.25) is 9.59 Å². The van der Waals surface area contributed by atoms with Crippen LogP contribution in [0.3, 0.4) is 0 Å². The van der Waals surface area contributed by atoms with Gasteiger partial charge in [-0.2, -0.15) is 13.2 Å². The van der Waals surface area contributed by atoms with Gasteiger partial charge in [0.05, 0.1) is 31.4 Å². The minimum atomic E-state index is -4.42. The molecule has 2 saturated heterocycles. The Hall–Kier alpha value is -3.50. The standard InChI is InChI=1S/C24H27F3N4O4/c1-34-18-4-5-19(20(12-18)35-2)31-14-15(11-22(31)32)23(33)29-17-7-9-30(10-8-17)21-6-3-16(13-28-21)24(25,26)27/h3-6,12-13,15,17H,7-11,14H2,1-2H3,(H,29,33). The Morgan fingerprint density at radius 2 is 1.86 bits per heavy atom. The zero-order valence-electron chi connectivity index (χ0n) is 19.5. The molecule has 1 atom stereocenters. The summed E-state index contributed by atoms with van der Waals surface area (Å²) in [6.07, 6.45) is -2.21. The van der Waals surface area contributed by atoms with Crippen molar-refractivity contribution in [2.24, 2.45) is 5.92 Å². The smallest absolute Gasteiger partial charge is 0.417 e. The molecule has 0 radical (unpaired) electrons. The summed E-state index contributed by atoms with van der Waals surface area (Å²) in [5, 5.41) is 3.04. The molecule has 2 aliphatic heterocycles. The average Bonchev–Trinajstić information content (AvgIpc) is 3.25. The fraction of sp³-hybridized carbons (Fsp3) is 0.458. The Kier molecular flexibility index (Phi) is 7.04. The summed E-state index contributed by atoms with van der Waals surface area (Å²) in [4.78, 5) is 33.0. The van der Waals surface area contributed by atoms with Gasteiger partial charge in [0, 0.05) is 44.4 Å². The third kappa shape index (κ3) is 5.44. The van der Waals surface area contributed by atoms with E-state index in [-0.39, 0.29) is 30.8 Å². The number of carbonyl (C=O) groups excluding carboxylic acids is 2. The third-order valence-corrected chi connectivity index (χ3v) is 6.41. The Morgan fingerprint density at radius 3 is 2.46 bits per heavy atom. The number of amides is 2. The van der Waals surface area contributed by atoms with Crippen LogP contribution in [0.1, 0.15) is 24.8 Å². The third-order valence-electron chi connectivity index (χ3n) is 6.41. The Bertz CT molecular complexity index is 1070. The molecule has 1 unspecified atom stereocenters. The van der Waals surface area contributed by atoms with Crippen LogP contribution in [0, 0.1) is 5.92 Å². The van der Waals surface area contributed by atoms with Gasteiger partial charge in [0.15, 0.2) is 0 Å². The summed E-state index contributed by atoms with van der Waals surface area (Å²) in [6, 6.07) is 7.48. The van der Waals surface area contributed by atoms with Crippen LogP contribution in [-0.4, -0.2) is 56.7 Å². The van der Waals surface area contributed by atoms with Gasteiger partial charge in [0.2, 0.25) is 11.8 Å². The molecule has 3 heterocycles. The first-order valence-corrected chi connectivity index (χ1v) is 11.3. The molecular weight excluding hydrogens is 465 g/mol. The molecule has 188 valence electrons. The van der Waals surface area contributed by atoms with Crippen molar-refractivity contribution in [1.82, 2.24) is 10.3 Å². The zero-order chi connectivity index (χ0) is 25.2. The highest BCUT2D eigenvalue weighted by Crippen LogP contribution is 2.36. The fourth-order valence-electron chi connectivity index (χ4n) is 4.44. The summed E-state index contributed by atoms with van der Waals surface area (Å²) in [5.41, 5.74) is -0.193. The number of hydrogen-bond donors (Lipinski definition) is 1. The summed E-state index contributed by atoms with van der Waals surface area (Å²) in [5.74, 6) is 0.751. The number of methoxy groups -OCH3 is 2. The molecule has 11 heteroatoms. The molecule has 35 heavy (non-hydrogen) atoms. The van der Waals surface area contributed by atoms with E-state index in [9.17, 15) is 22.8 Å². The Labute approximate surface area is 201 Å². The first kappa shape index (κ1) is 24.6. The molecule has 1 aromatic carbocycles. The number of piperidine rings is 1. The Morgan fingerprint density at radius 1 is 1.11 bits per heavy atom. The number of nitrogens with one attached hydrogen (secondary N) is 1. The zero-order valence-corrected chi connectivity index (χ0v) is 19.5. The lowest BCUT2D eigenvalue weighted by molar-refractivity contribution is -0.137. The molecule has 2 fully saturated rings. The van der Waals surface area contributed by atoms with E-state index in [2.05, 4.69) is 10.3 Å². The molecule has 0 saturated carbocycles. The molecule has 0 bridgehead atoms. The maximum absolute atomic E-state index is 12.9. The van der Waals surface area contributed by atoms with Crippen molar-refractivity contribution < 1.29 is 32.2 Å². The number of pyridine rings is 1. The van der Waals surface area contributed by atoms with Gasteiger partial charge < -0.3 is 24.6 Å². The normalized spacial score (nSPS) is 19.1. The number of halogens is 3. The molecule has 4 rings (SSSR count). The SMILES string of the molecule is COc1ccc(N2CC(C(=O)NC3CCN(c4ccc(C(F)(F)F)cn4)CC3)CC2=O)c(OC)c1. The first-order chi connectivity index (χ1) is 16.7. The predicted molar refractivity (Wildman–Crippen MR) is 123 cm³/mol. The summed E-state index contributed by atoms with van der Waals surface area (Å²) < 4.78 is 48.8. The van der Waals surface area contributed by atoms with Crippen LogP contribution >= 0.6 is 0 Å². The monoisotopic (exact) mass is 492 g/mol. The summed E-state index contributed by atoms with van der Waals surface area (Å²) in [6.45, 7) is 1.37. The maximum Gasteiger partial charge on any atom is 0.417 e. The molecule has 0 aliphatic carbocycles. The summed E-state index contributed by atoms with van der Waals surface area (Å²) >= 11 is 0. The van der Waals surface area contributed by atoms with Gasteiger partial charge >= 0.3 is 6.18 Å². The van der Waals surface area contributed by atoms with Crippen LogP contribution in [0.25, 0.3) is 0 Å². The lowest BCUT2D eigenvalue weighted by Gasteiger charge is -2.33. The number of carbonyl (C=O) groups is 2. The van der Waals surface area contributed by atoms with Crippen molar-refractivity contribution in [2.45, 2.75) is 31.5 Å². The van der Waals surface area contributed by atoms with Crippen LogP contribution in [0.15, 0.2) is 36.5 Å². The van der Waals surface area contributed by atoms with Crippen molar-refractivity contribution in [3.05, 3.63) is 42.1 Å². The highest BCUT2D eigenvalue weighted by atomic mass is 19.4. The number of hydrogen-bond acceptors (Lipinski definition) is 6. The van der Waals surface area contributed by atoms with E-state index in [1.165, 1.54) is 13.2 Å². The van der Waals surface area contributed by atoms with Crippen LogP contribution in [-0.2, 0) is 15.8 Å². The largest absolute Gasteiger partial charge is 0.497 e. The van der Waals surface area contributed by atoms with E-state index in [0.717, 1.165) is 12.3 Å². The molecule has 2 aromatic rings. The van der Waals surface area contributed by atoms with E-state index in [1.807, 2.05) is 4.90 Å². The van der Waals surface area contributed by atoms with Crippen molar-refractivity contribution in [3.63, 3.8) is 0 Å². The quantitative estimate of drug-likeness (QED) is 0.667. The first-order valence-electron chi connectivity index (χ1n) is 11.3. The highest BCUT2D eigenvalue weighted by molar-refractivity contribution is 6.01. The maximum atomic E-state index is 12.9. The molecule has 2 amide bonds. The molecule has 2 aliphatic rings. The lowest BCUT2D eigenvalue weighted by atomic mass is 10.0. The van der Waals surface area contributed by atoms with Gasteiger partial charge in [-0.15, -0.1) is 0 Å². The van der Waals surface area contributed by atoms with Gasteiger partial charge in [-0.25, -0.2) is 4.98 Å². The molecule has 0 spiro atoms. The topological polar surface area (TPSA) is 84.0 Å². The minimum Gasteiger partial charge on any atom is -0.497 e. The van der Waals surface area contributed by atoms with Crippen LogP contribution in [0.5, 0.6) is 11.5 Å². The van der Waals surface area contributed by atoms with Crippen molar-refractivity contribution in [2.75, 3.05) is 43.7 Å². The molecular formula is C24H27F3N4O4. The van der Waals surface area contributed by atoms with Gasteiger partial charge in [0.1, 0.15) is 17.3 Å². The van der Waals surface area contributed by atoms with E-state index < -0.39 is 17.7 Å². The lowest BCUT2D eigenvalue weighted by Crippen LogP contribution is -2.47. The predicted octanol–water partition coefficient (Wildman–Crippen LogP) is 3.26. The van der Waals surface area contributed by atoms with Crippen LogP contribution < -0.4 is 24.6 Å². The number of alkyl halides is 3. The number of ether oxygens (including phenoxy) is 2. The molecule has 1 aromatic heterocycles. The number of aromatic nitrogens is 1. The number of rotatable bonds is 6. The van der Waals surface area contributed by atoms with Crippen molar-refractivity contribution in [3.8, 4) is 11.5 Å². The second-order valence-electron chi connectivity index (χ2n) is 8.62. The van der Waals surface area contributed by atoms with E-state index in [1.54, 1.807) is 30.2 Å². The van der Waals surface area contributed by atoms with E-state index >= 15 is 0 Å². The number of nitrogens with zero attached hydrogens (tertiary/aromatic N) is 3. The van der Waals surface area contributed by atoms with Crippen molar-refractivity contribution in [1.29, 1.82) is 0 Å². The number of anilines is 2. The van der Waals surface area contributed by atoms with E-state index in [0.29, 0.717) is 48.9 Å². The summed E-state index contributed by atoms with van der Waals surface area (Å²) in [7, 11) is 3.05. The molecule has 1 N–H and O–H groups in total. The van der Waals surface area contributed by atoms with Crippen LogP contribution in [0.2, 0.25) is 0 Å². The van der Waals surface area contributed by atoms with Gasteiger partial charge in [0.25, 0.3) is 0 Å². The number of benzene rings is 1. The second-order valence-corrected chi connectivity index (χ2v) is 8.62. The second kappa shape index (κ2) is 10.0. The minimum absolute atomic E-state index is 0.0760. The average molecular weight is 492 g/mol. The Balaban J connectivity index is 1.31.